The highest BCUT2D eigenvalue weighted by Crippen LogP contribution is 2.11. The molecule has 0 saturated heterocycles. The van der Waals surface area contributed by atoms with E-state index in [9.17, 15) is 15.0 Å². The van der Waals surface area contributed by atoms with Crippen LogP contribution in [0.5, 0.6) is 5.75 Å². The first kappa shape index (κ1) is 21.2. The van der Waals surface area contributed by atoms with Gasteiger partial charge in [-0.2, -0.15) is 0 Å². The van der Waals surface area contributed by atoms with Crippen LogP contribution in [0.15, 0.2) is 36.4 Å². The number of rotatable bonds is 14. The molecule has 0 aromatic heterocycles. The third-order valence-electron chi connectivity index (χ3n) is 4.25. The molecule has 0 aliphatic heterocycles. The van der Waals surface area contributed by atoms with Crippen molar-refractivity contribution >= 4 is 5.97 Å². The van der Waals surface area contributed by atoms with Crippen molar-refractivity contribution in [2.45, 2.75) is 70.8 Å². The molecule has 3 N–H and O–H groups in total. The van der Waals surface area contributed by atoms with Gasteiger partial charge in [-0.3, -0.25) is 4.79 Å². The molecule has 4 nitrogen and oxygen atoms in total. The molecule has 0 spiro atoms. The molecule has 1 unspecified atom stereocenters. The number of aromatic hydroxyl groups is 1. The third-order valence-corrected chi connectivity index (χ3v) is 4.25. The fourth-order valence-electron chi connectivity index (χ4n) is 2.70. The van der Waals surface area contributed by atoms with E-state index in [0.717, 1.165) is 24.8 Å². The van der Waals surface area contributed by atoms with Gasteiger partial charge in [0.15, 0.2) is 0 Å². The lowest BCUT2D eigenvalue weighted by atomic mass is 10.1. The maximum absolute atomic E-state index is 11.4. The van der Waals surface area contributed by atoms with Gasteiger partial charge in [-0.1, -0.05) is 50.5 Å². The van der Waals surface area contributed by atoms with Gasteiger partial charge in [-0.05, 0) is 62.8 Å². The quantitative estimate of drug-likeness (QED) is 0.338. The second kappa shape index (κ2) is 13.5. The zero-order valence-corrected chi connectivity index (χ0v) is 15.4. The normalized spacial score (nSPS) is 12.5. The summed E-state index contributed by atoms with van der Waals surface area (Å²) in [6.07, 6.45) is 14.4. The number of nitrogens with one attached hydrogen (secondary N) is 1. The lowest BCUT2D eigenvalue weighted by molar-refractivity contribution is -0.139. The van der Waals surface area contributed by atoms with Crippen LogP contribution < -0.4 is 5.32 Å². The van der Waals surface area contributed by atoms with Gasteiger partial charge in [0.1, 0.15) is 11.8 Å². The van der Waals surface area contributed by atoms with E-state index in [2.05, 4.69) is 24.4 Å². The number of carboxylic acid groups (broad SMARTS) is 1. The maximum Gasteiger partial charge on any atom is 0.321 e. The van der Waals surface area contributed by atoms with Crippen molar-refractivity contribution in [1.29, 1.82) is 0 Å². The number of phenols is 1. The fraction of sp³-hybridized carbons (Fsp3) is 0.571. The molecule has 1 aromatic rings. The van der Waals surface area contributed by atoms with E-state index in [1.165, 1.54) is 32.1 Å². The van der Waals surface area contributed by atoms with Gasteiger partial charge in [0.25, 0.3) is 0 Å². The molecule has 0 aliphatic carbocycles. The number of unbranched alkanes of at least 4 members (excludes halogenated alkanes) is 6. The van der Waals surface area contributed by atoms with Gasteiger partial charge in [-0.25, -0.2) is 0 Å². The SMILES string of the molecule is CCCCCC/C=C\CCCCNC(Cc1ccc(O)cc1)C(=O)O. The van der Waals surface area contributed by atoms with E-state index in [1.54, 1.807) is 24.3 Å². The summed E-state index contributed by atoms with van der Waals surface area (Å²) >= 11 is 0. The summed E-state index contributed by atoms with van der Waals surface area (Å²) in [5.74, 6) is -0.637. The molecular formula is C21H33NO3. The Bertz CT molecular complexity index is 496. The lowest BCUT2D eigenvalue weighted by Crippen LogP contribution is -2.39. The van der Waals surface area contributed by atoms with E-state index < -0.39 is 12.0 Å². The summed E-state index contributed by atoms with van der Waals surface area (Å²) in [7, 11) is 0. The molecule has 25 heavy (non-hydrogen) atoms. The minimum atomic E-state index is -0.833. The molecule has 0 aliphatic rings. The number of phenolic OH excluding ortho intramolecular Hbond substituents is 1. The highest BCUT2D eigenvalue weighted by atomic mass is 16.4. The minimum Gasteiger partial charge on any atom is -0.508 e. The number of hydrogen-bond donors (Lipinski definition) is 3. The Morgan fingerprint density at radius 3 is 2.28 bits per heavy atom. The van der Waals surface area contributed by atoms with Gasteiger partial charge in [0, 0.05) is 0 Å². The van der Waals surface area contributed by atoms with Gasteiger partial charge in [0.05, 0.1) is 0 Å². The molecule has 0 heterocycles. The van der Waals surface area contributed by atoms with E-state index in [1.807, 2.05) is 0 Å². The molecule has 1 rings (SSSR count). The van der Waals surface area contributed by atoms with Crippen molar-refractivity contribution in [2.24, 2.45) is 0 Å². The van der Waals surface area contributed by atoms with Crippen LogP contribution in [0, 0.1) is 0 Å². The first-order valence-electron chi connectivity index (χ1n) is 9.52. The van der Waals surface area contributed by atoms with Crippen LogP contribution in [0.4, 0.5) is 0 Å². The highest BCUT2D eigenvalue weighted by molar-refractivity contribution is 5.73. The molecule has 0 radical (unpaired) electrons. The van der Waals surface area contributed by atoms with Gasteiger partial charge < -0.3 is 15.5 Å². The zero-order chi connectivity index (χ0) is 18.3. The van der Waals surface area contributed by atoms with Crippen LogP contribution in [-0.4, -0.2) is 28.8 Å². The van der Waals surface area contributed by atoms with Crippen LogP contribution in [-0.2, 0) is 11.2 Å². The average Bonchev–Trinajstić information content (AvgIpc) is 2.60. The number of benzene rings is 1. The number of allylic oxidation sites excluding steroid dienone is 2. The standard InChI is InChI=1S/C21H33NO3/c1-2-3-4-5-6-7-8-9-10-11-16-22-20(21(24)25)17-18-12-14-19(23)15-13-18/h7-8,12-15,20,22-23H,2-6,9-11,16-17H2,1H3,(H,24,25)/b8-7-. The lowest BCUT2D eigenvalue weighted by Gasteiger charge is -2.14. The first-order valence-corrected chi connectivity index (χ1v) is 9.52. The summed E-state index contributed by atoms with van der Waals surface area (Å²) in [5.41, 5.74) is 0.906. The van der Waals surface area contributed by atoms with Crippen molar-refractivity contribution in [3.8, 4) is 5.75 Å². The van der Waals surface area contributed by atoms with Crippen molar-refractivity contribution in [2.75, 3.05) is 6.54 Å². The van der Waals surface area contributed by atoms with Crippen LogP contribution in [0.2, 0.25) is 0 Å². The Morgan fingerprint density at radius 2 is 1.68 bits per heavy atom. The van der Waals surface area contributed by atoms with Crippen LogP contribution in [0.1, 0.15) is 63.9 Å². The molecule has 4 heteroatoms. The van der Waals surface area contributed by atoms with Crippen LogP contribution in [0.25, 0.3) is 0 Å². The molecular weight excluding hydrogens is 314 g/mol. The van der Waals surface area contributed by atoms with Gasteiger partial charge in [-0.15, -0.1) is 0 Å². The van der Waals surface area contributed by atoms with E-state index >= 15 is 0 Å². The van der Waals surface area contributed by atoms with Gasteiger partial charge >= 0.3 is 5.97 Å². The molecule has 1 aromatic carbocycles. The predicted molar refractivity (Wildman–Crippen MR) is 103 cm³/mol. The van der Waals surface area contributed by atoms with E-state index in [4.69, 9.17) is 0 Å². The van der Waals surface area contributed by atoms with Crippen molar-refractivity contribution in [3.05, 3.63) is 42.0 Å². The molecule has 140 valence electrons. The largest absolute Gasteiger partial charge is 0.508 e. The second-order valence-electron chi connectivity index (χ2n) is 6.53. The van der Waals surface area contributed by atoms with Crippen LogP contribution in [0.3, 0.4) is 0 Å². The second-order valence-corrected chi connectivity index (χ2v) is 6.53. The Balaban J connectivity index is 2.14. The Hall–Kier alpha value is -1.81. The van der Waals surface area contributed by atoms with Crippen LogP contribution >= 0.6 is 0 Å². The van der Waals surface area contributed by atoms with Crippen molar-refractivity contribution in [3.63, 3.8) is 0 Å². The topological polar surface area (TPSA) is 69.6 Å². The average molecular weight is 347 g/mol. The number of carbonyl (C=O) groups is 1. The number of aliphatic carboxylic acids is 1. The molecule has 0 saturated carbocycles. The Morgan fingerprint density at radius 1 is 1.04 bits per heavy atom. The summed E-state index contributed by atoms with van der Waals surface area (Å²) < 4.78 is 0. The summed E-state index contributed by atoms with van der Waals surface area (Å²) in [5, 5.41) is 21.7. The Labute approximate surface area is 152 Å². The third kappa shape index (κ3) is 10.6. The monoisotopic (exact) mass is 347 g/mol. The zero-order valence-electron chi connectivity index (χ0n) is 15.4. The summed E-state index contributed by atoms with van der Waals surface area (Å²) in [4.78, 5) is 11.4. The first-order chi connectivity index (χ1) is 12.1. The Kier molecular flexibility index (Phi) is 11.4. The highest BCUT2D eigenvalue weighted by Gasteiger charge is 2.16. The molecule has 0 bridgehead atoms. The smallest absolute Gasteiger partial charge is 0.321 e. The minimum absolute atomic E-state index is 0.196. The number of hydrogen-bond acceptors (Lipinski definition) is 3. The number of carboxylic acids is 1. The fourth-order valence-corrected chi connectivity index (χ4v) is 2.70. The van der Waals surface area contributed by atoms with E-state index in [-0.39, 0.29) is 5.75 Å². The predicted octanol–water partition coefficient (Wildman–Crippen LogP) is 4.67. The molecule has 1 atom stereocenters. The van der Waals surface area contributed by atoms with Crippen molar-refractivity contribution < 1.29 is 15.0 Å². The van der Waals surface area contributed by atoms with Gasteiger partial charge in [0.2, 0.25) is 0 Å². The summed E-state index contributed by atoms with van der Waals surface area (Å²) in [6, 6.07) is 6.11. The van der Waals surface area contributed by atoms with Crippen molar-refractivity contribution in [1.82, 2.24) is 5.32 Å². The summed E-state index contributed by atoms with van der Waals surface area (Å²) in [6.45, 7) is 2.93. The molecule has 0 amide bonds. The maximum atomic E-state index is 11.4. The molecule has 0 fully saturated rings. The van der Waals surface area contributed by atoms with E-state index in [0.29, 0.717) is 13.0 Å².